The van der Waals surface area contributed by atoms with E-state index in [1.807, 2.05) is 0 Å². The van der Waals surface area contributed by atoms with Gasteiger partial charge in [0.2, 0.25) is 0 Å². The van der Waals surface area contributed by atoms with Crippen molar-refractivity contribution < 1.29 is 13.9 Å². The van der Waals surface area contributed by atoms with Gasteiger partial charge in [0.15, 0.2) is 5.82 Å². The minimum absolute atomic E-state index is 0.0882. The number of benzene rings is 1. The Balaban J connectivity index is 2.32. The lowest BCUT2D eigenvalue weighted by Gasteiger charge is -2.12. The van der Waals surface area contributed by atoms with Crippen molar-refractivity contribution in [3.63, 3.8) is 0 Å². The number of hydrogen-bond donors (Lipinski definition) is 2. The standard InChI is InChI=1S/C14H13ClFN3O2/c1-2-21-14(20)9-5-6-18-13(12(9)17)19-11-4-3-8(15)7-10(11)16/h3-7H,2,17H2,1H3,(H,18,19). The molecule has 0 aliphatic carbocycles. The van der Waals surface area contributed by atoms with Crippen LogP contribution in [-0.2, 0) is 4.74 Å². The molecular formula is C14H13ClFN3O2. The average Bonchev–Trinajstić information content (AvgIpc) is 2.44. The normalized spacial score (nSPS) is 10.2. The Hall–Kier alpha value is -2.34. The molecule has 0 radical (unpaired) electrons. The first-order valence-corrected chi connectivity index (χ1v) is 6.54. The van der Waals surface area contributed by atoms with E-state index in [4.69, 9.17) is 22.1 Å². The number of nitrogen functional groups attached to an aromatic ring is 1. The third-order valence-electron chi connectivity index (χ3n) is 2.67. The number of nitrogens with two attached hydrogens (primary N) is 1. The van der Waals surface area contributed by atoms with Crippen LogP contribution in [-0.4, -0.2) is 17.6 Å². The maximum atomic E-state index is 13.7. The van der Waals surface area contributed by atoms with Gasteiger partial charge >= 0.3 is 5.97 Å². The van der Waals surface area contributed by atoms with Gasteiger partial charge in [0.1, 0.15) is 5.82 Å². The first-order valence-electron chi connectivity index (χ1n) is 6.16. The smallest absolute Gasteiger partial charge is 0.340 e. The lowest BCUT2D eigenvalue weighted by Crippen LogP contribution is -2.10. The van der Waals surface area contributed by atoms with Crippen LogP contribution < -0.4 is 11.1 Å². The van der Waals surface area contributed by atoms with Gasteiger partial charge in [-0.05, 0) is 31.2 Å². The first kappa shape index (κ1) is 15.1. The predicted octanol–water partition coefficient (Wildman–Crippen LogP) is 3.38. The number of anilines is 3. The largest absolute Gasteiger partial charge is 0.462 e. The van der Waals surface area contributed by atoms with E-state index in [1.165, 1.54) is 24.4 Å². The summed E-state index contributed by atoms with van der Waals surface area (Å²) in [7, 11) is 0. The number of nitrogens with one attached hydrogen (secondary N) is 1. The molecule has 1 heterocycles. The number of carbonyl (C=O) groups excluding carboxylic acids is 1. The molecule has 0 unspecified atom stereocenters. The minimum atomic E-state index is -0.558. The van der Waals surface area contributed by atoms with E-state index < -0.39 is 11.8 Å². The molecule has 0 atom stereocenters. The molecule has 21 heavy (non-hydrogen) atoms. The van der Waals surface area contributed by atoms with E-state index >= 15 is 0 Å². The summed E-state index contributed by atoms with van der Waals surface area (Å²) in [6.45, 7) is 1.92. The first-order chi connectivity index (χ1) is 10.0. The van der Waals surface area contributed by atoms with Crippen LogP contribution in [0.15, 0.2) is 30.5 Å². The van der Waals surface area contributed by atoms with Crippen LogP contribution in [0.25, 0.3) is 0 Å². The van der Waals surface area contributed by atoms with Gasteiger partial charge < -0.3 is 15.8 Å². The molecule has 1 aromatic carbocycles. The van der Waals surface area contributed by atoms with E-state index in [-0.39, 0.29) is 34.4 Å². The minimum Gasteiger partial charge on any atom is -0.462 e. The summed E-state index contributed by atoms with van der Waals surface area (Å²) in [5.41, 5.74) is 6.28. The second-order valence-corrected chi connectivity index (χ2v) is 4.53. The molecular weight excluding hydrogens is 297 g/mol. The quantitative estimate of drug-likeness (QED) is 0.847. The molecule has 0 saturated heterocycles. The van der Waals surface area contributed by atoms with E-state index in [1.54, 1.807) is 6.92 Å². The molecule has 1 aromatic heterocycles. The number of pyridine rings is 1. The summed E-state index contributed by atoms with van der Waals surface area (Å²) in [6.07, 6.45) is 1.39. The lowest BCUT2D eigenvalue weighted by atomic mass is 10.2. The van der Waals surface area contributed by atoms with Crippen molar-refractivity contribution in [1.29, 1.82) is 0 Å². The van der Waals surface area contributed by atoms with Crippen LogP contribution in [0.5, 0.6) is 0 Å². The highest BCUT2D eigenvalue weighted by Gasteiger charge is 2.15. The van der Waals surface area contributed by atoms with Crippen molar-refractivity contribution >= 4 is 34.8 Å². The number of nitrogens with zero attached hydrogens (tertiary/aromatic N) is 1. The van der Waals surface area contributed by atoms with Gasteiger partial charge in [0, 0.05) is 11.2 Å². The molecule has 0 aliphatic heterocycles. The van der Waals surface area contributed by atoms with Crippen LogP contribution in [0.2, 0.25) is 5.02 Å². The van der Waals surface area contributed by atoms with Crippen LogP contribution >= 0.6 is 11.6 Å². The third kappa shape index (κ3) is 3.41. The number of rotatable bonds is 4. The Bertz CT molecular complexity index is 679. The topological polar surface area (TPSA) is 77.2 Å². The maximum Gasteiger partial charge on any atom is 0.340 e. The Morgan fingerprint density at radius 3 is 2.90 bits per heavy atom. The molecule has 7 heteroatoms. The van der Waals surface area contributed by atoms with Gasteiger partial charge in [0.25, 0.3) is 0 Å². The number of halogens is 2. The Morgan fingerprint density at radius 1 is 1.48 bits per heavy atom. The SMILES string of the molecule is CCOC(=O)c1ccnc(Nc2ccc(Cl)cc2F)c1N. The second-order valence-electron chi connectivity index (χ2n) is 4.09. The fourth-order valence-electron chi connectivity index (χ4n) is 1.68. The molecule has 2 rings (SSSR count). The van der Waals surface area contributed by atoms with Gasteiger partial charge in [-0.2, -0.15) is 0 Å². The number of hydrogen-bond acceptors (Lipinski definition) is 5. The summed E-state index contributed by atoms with van der Waals surface area (Å²) in [5.74, 6) is -0.941. The Morgan fingerprint density at radius 2 is 2.24 bits per heavy atom. The predicted molar refractivity (Wildman–Crippen MR) is 79.3 cm³/mol. The van der Waals surface area contributed by atoms with Gasteiger partial charge in [-0.3, -0.25) is 0 Å². The molecule has 2 aromatic rings. The Labute approximate surface area is 125 Å². The highest BCUT2D eigenvalue weighted by molar-refractivity contribution is 6.30. The fraction of sp³-hybridized carbons (Fsp3) is 0.143. The van der Waals surface area contributed by atoms with Crippen LogP contribution in [0.1, 0.15) is 17.3 Å². The zero-order chi connectivity index (χ0) is 15.4. The van der Waals surface area contributed by atoms with Crippen molar-refractivity contribution in [2.24, 2.45) is 0 Å². The summed E-state index contributed by atoms with van der Waals surface area (Å²) in [6, 6.07) is 5.58. The summed E-state index contributed by atoms with van der Waals surface area (Å²) in [5, 5.41) is 3.00. The van der Waals surface area contributed by atoms with E-state index in [0.29, 0.717) is 0 Å². The number of carbonyl (C=O) groups is 1. The summed E-state index contributed by atoms with van der Waals surface area (Å²) >= 11 is 5.68. The van der Waals surface area contributed by atoms with Crippen molar-refractivity contribution in [3.8, 4) is 0 Å². The molecule has 0 aliphatic rings. The summed E-state index contributed by atoms with van der Waals surface area (Å²) in [4.78, 5) is 15.7. The molecule has 0 bridgehead atoms. The number of aromatic nitrogens is 1. The fourth-order valence-corrected chi connectivity index (χ4v) is 1.84. The molecule has 110 valence electrons. The van der Waals surface area contributed by atoms with Crippen molar-refractivity contribution in [2.45, 2.75) is 6.92 Å². The second kappa shape index (κ2) is 6.41. The molecule has 0 amide bonds. The van der Waals surface area contributed by atoms with Gasteiger partial charge in [-0.15, -0.1) is 0 Å². The molecule has 3 N–H and O–H groups in total. The average molecular weight is 310 g/mol. The highest BCUT2D eigenvalue weighted by Crippen LogP contribution is 2.27. The van der Waals surface area contributed by atoms with E-state index in [9.17, 15) is 9.18 Å². The lowest BCUT2D eigenvalue weighted by molar-refractivity contribution is 0.0527. The molecule has 0 spiro atoms. The third-order valence-corrected chi connectivity index (χ3v) is 2.90. The van der Waals surface area contributed by atoms with Gasteiger partial charge in [-0.1, -0.05) is 11.6 Å². The van der Waals surface area contributed by atoms with Crippen molar-refractivity contribution in [2.75, 3.05) is 17.7 Å². The zero-order valence-corrected chi connectivity index (χ0v) is 11.9. The van der Waals surface area contributed by atoms with Gasteiger partial charge in [-0.25, -0.2) is 14.2 Å². The number of esters is 1. The van der Waals surface area contributed by atoms with Crippen molar-refractivity contribution in [3.05, 3.63) is 46.9 Å². The number of ether oxygens (including phenoxy) is 1. The van der Waals surface area contributed by atoms with E-state index in [0.717, 1.165) is 6.07 Å². The van der Waals surface area contributed by atoms with Crippen LogP contribution in [0, 0.1) is 5.82 Å². The van der Waals surface area contributed by atoms with Gasteiger partial charge in [0.05, 0.1) is 23.5 Å². The molecule has 0 fully saturated rings. The molecule has 5 nitrogen and oxygen atoms in total. The summed E-state index contributed by atoms with van der Waals surface area (Å²) < 4.78 is 18.6. The monoisotopic (exact) mass is 309 g/mol. The van der Waals surface area contributed by atoms with Crippen molar-refractivity contribution in [1.82, 2.24) is 4.98 Å². The van der Waals surface area contributed by atoms with E-state index in [2.05, 4.69) is 10.3 Å². The van der Waals surface area contributed by atoms with Crippen LogP contribution in [0.4, 0.5) is 21.6 Å². The Kier molecular flexibility index (Phi) is 4.59. The highest BCUT2D eigenvalue weighted by atomic mass is 35.5. The van der Waals surface area contributed by atoms with Crippen LogP contribution in [0.3, 0.4) is 0 Å². The zero-order valence-electron chi connectivity index (χ0n) is 11.2. The maximum absolute atomic E-state index is 13.7. The molecule has 0 saturated carbocycles.